The highest BCUT2D eigenvalue weighted by atomic mass is 35.5. The molecule has 1 aromatic carbocycles. The van der Waals surface area contributed by atoms with E-state index in [1.54, 1.807) is 0 Å². The topological polar surface area (TPSA) is 23.8 Å². The van der Waals surface area contributed by atoms with Gasteiger partial charge in [0, 0.05) is 5.88 Å². The quantitative estimate of drug-likeness (QED) is 0.655. The van der Waals surface area contributed by atoms with E-state index in [1.807, 2.05) is 24.3 Å². The summed E-state index contributed by atoms with van der Waals surface area (Å²) in [4.78, 5) is 0. The van der Waals surface area contributed by atoms with Gasteiger partial charge in [-0.3, -0.25) is 0 Å². The molecule has 1 aromatic rings. The lowest BCUT2D eigenvalue weighted by atomic mass is 10.1. The summed E-state index contributed by atoms with van der Waals surface area (Å²) < 4.78 is 0. The van der Waals surface area contributed by atoms with Gasteiger partial charge < -0.3 is 0 Å². The van der Waals surface area contributed by atoms with Crippen LogP contribution in [0, 0.1) is 11.3 Å². The first-order valence-electron chi connectivity index (χ1n) is 3.87. The van der Waals surface area contributed by atoms with Crippen molar-refractivity contribution in [2.75, 3.05) is 5.88 Å². The summed E-state index contributed by atoms with van der Waals surface area (Å²) in [5.41, 5.74) is 2.29. The van der Waals surface area contributed by atoms with Gasteiger partial charge in [0.15, 0.2) is 0 Å². The molecule has 0 unspecified atom stereocenters. The van der Waals surface area contributed by atoms with E-state index in [0.29, 0.717) is 12.3 Å². The van der Waals surface area contributed by atoms with Crippen LogP contribution in [0.4, 0.5) is 0 Å². The van der Waals surface area contributed by atoms with E-state index >= 15 is 0 Å². The van der Waals surface area contributed by atoms with Gasteiger partial charge >= 0.3 is 0 Å². The zero-order chi connectivity index (χ0) is 8.81. The van der Waals surface area contributed by atoms with E-state index in [1.165, 1.54) is 5.56 Å². The highest BCUT2D eigenvalue weighted by Gasteiger charge is 1.92. The van der Waals surface area contributed by atoms with Gasteiger partial charge in [-0.25, -0.2) is 0 Å². The first-order chi connectivity index (χ1) is 5.86. The largest absolute Gasteiger partial charge is 0.198 e. The van der Waals surface area contributed by atoms with Crippen LogP contribution in [0.25, 0.3) is 0 Å². The molecule has 0 saturated carbocycles. The monoisotopic (exact) mass is 179 g/mol. The van der Waals surface area contributed by atoms with Crippen LogP contribution in [-0.2, 0) is 12.8 Å². The van der Waals surface area contributed by atoms with Crippen molar-refractivity contribution in [2.45, 2.75) is 12.8 Å². The Morgan fingerprint density at radius 2 is 1.75 bits per heavy atom. The minimum absolute atomic E-state index is 0.487. The zero-order valence-corrected chi connectivity index (χ0v) is 7.51. The van der Waals surface area contributed by atoms with Crippen molar-refractivity contribution in [1.82, 2.24) is 0 Å². The molecule has 0 radical (unpaired) electrons. The fraction of sp³-hybridized carbons (Fsp3) is 0.300. The Balaban J connectivity index is 2.66. The maximum Gasteiger partial charge on any atom is 0.0669 e. The number of nitriles is 1. The number of benzene rings is 1. The Hall–Kier alpha value is -1.00. The highest BCUT2D eigenvalue weighted by molar-refractivity contribution is 6.17. The molecule has 1 rings (SSSR count). The second-order valence-electron chi connectivity index (χ2n) is 2.59. The predicted molar refractivity (Wildman–Crippen MR) is 50.2 cm³/mol. The molecule has 0 bridgehead atoms. The van der Waals surface area contributed by atoms with E-state index in [0.717, 1.165) is 12.0 Å². The number of aryl methyl sites for hydroxylation is 1. The number of rotatable bonds is 3. The number of hydrogen-bond acceptors (Lipinski definition) is 1. The number of alkyl halides is 1. The Labute approximate surface area is 77.6 Å². The van der Waals surface area contributed by atoms with Crippen molar-refractivity contribution in [3.05, 3.63) is 35.4 Å². The van der Waals surface area contributed by atoms with Gasteiger partial charge in [0.05, 0.1) is 12.5 Å². The van der Waals surface area contributed by atoms with Crippen molar-refractivity contribution in [3.63, 3.8) is 0 Å². The summed E-state index contributed by atoms with van der Waals surface area (Å²) in [6, 6.07) is 10.1. The molecule has 0 N–H and O–H groups in total. The molecule has 1 nitrogen and oxygen atoms in total. The maximum atomic E-state index is 8.42. The zero-order valence-electron chi connectivity index (χ0n) is 6.76. The molecule has 2 heteroatoms. The third-order valence-corrected chi connectivity index (χ3v) is 1.88. The van der Waals surface area contributed by atoms with E-state index in [2.05, 4.69) is 6.07 Å². The fourth-order valence-electron chi connectivity index (χ4n) is 1.02. The Bertz CT molecular complexity index is 271. The van der Waals surface area contributed by atoms with Crippen molar-refractivity contribution in [3.8, 4) is 6.07 Å². The van der Waals surface area contributed by atoms with Gasteiger partial charge in [0.2, 0.25) is 0 Å². The molecular weight excluding hydrogens is 170 g/mol. The molecule has 0 heterocycles. The van der Waals surface area contributed by atoms with Crippen LogP contribution >= 0.6 is 11.6 Å². The minimum Gasteiger partial charge on any atom is -0.198 e. The van der Waals surface area contributed by atoms with Crippen molar-refractivity contribution in [2.24, 2.45) is 0 Å². The molecular formula is C10H10ClN. The average molecular weight is 180 g/mol. The normalized spacial score (nSPS) is 9.33. The molecule has 0 aliphatic heterocycles. The summed E-state index contributed by atoms with van der Waals surface area (Å²) in [6.45, 7) is 0. The van der Waals surface area contributed by atoms with Crippen molar-refractivity contribution >= 4 is 11.6 Å². The van der Waals surface area contributed by atoms with Crippen LogP contribution < -0.4 is 0 Å². The van der Waals surface area contributed by atoms with E-state index in [-0.39, 0.29) is 0 Å². The lowest BCUT2D eigenvalue weighted by Gasteiger charge is -1.98. The van der Waals surface area contributed by atoms with Gasteiger partial charge in [-0.05, 0) is 17.5 Å². The predicted octanol–water partition coefficient (Wildman–Crippen LogP) is 2.53. The van der Waals surface area contributed by atoms with Crippen LogP contribution in [0.1, 0.15) is 11.1 Å². The highest BCUT2D eigenvalue weighted by Crippen LogP contribution is 2.05. The van der Waals surface area contributed by atoms with Gasteiger partial charge in [-0.15, -0.1) is 11.6 Å². The smallest absolute Gasteiger partial charge is 0.0669 e. The average Bonchev–Trinajstić information content (AvgIpc) is 2.09. The van der Waals surface area contributed by atoms with E-state index in [9.17, 15) is 0 Å². The maximum absolute atomic E-state index is 8.42. The molecule has 62 valence electrons. The van der Waals surface area contributed by atoms with Crippen LogP contribution in [-0.4, -0.2) is 5.88 Å². The number of nitrogens with zero attached hydrogens (tertiary/aromatic N) is 1. The third-order valence-electron chi connectivity index (χ3n) is 1.69. The van der Waals surface area contributed by atoms with Crippen LogP contribution in [0.3, 0.4) is 0 Å². The van der Waals surface area contributed by atoms with Gasteiger partial charge in [-0.2, -0.15) is 5.26 Å². The molecule has 12 heavy (non-hydrogen) atoms. The lowest BCUT2D eigenvalue weighted by molar-refractivity contribution is 1.14. The van der Waals surface area contributed by atoms with Gasteiger partial charge in [0.1, 0.15) is 0 Å². The van der Waals surface area contributed by atoms with Crippen LogP contribution in [0.15, 0.2) is 24.3 Å². The van der Waals surface area contributed by atoms with Gasteiger partial charge in [-0.1, -0.05) is 24.3 Å². The molecule has 0 aliphatic carbocycles. The van der Waals surface area contributed by atoms with Crippen LogP contribution in [0.5, 0.6) is 0 Å². The number of halogens is 1. The second kappa shape index (κ2) is 4.79. The van der Waals surface area contributed by atoms with Crippen molar-refractivity contribution in [1.29, 1.82) is 5.26 Å². The number of hydrogen-bond donors (Lipinski definition) is 0. The summed E-state index contributed by atoms with van der Waals surface area (Å²) in [5, 5.41) is 8.42. The second-order valence-corrected chi connectivity index (χ2v) is 2.97. The molecule has 0 atom stereocenters. The standard InChI is InChI=1S/C10H10ClN/c11-7-5-9-1-3-10(4-2-9)6-8-12/h1-4H,5-7H2. The molecule has 0 amide bonds. The van der Waals surface area contributed by atoms with E-state index in [4.69, 9.17) is 16.9 Å². The third kappa shape index (κ3) is 2.56. The summed E-state index contributed by atoms with van der Waals surface area (Å²) in [5.74, 6) is 0.650. The SMILES string of the molecule is N#CCc1ccc(CCCl)cc1. The fourth-order valence-corrected chi connectivity index (χ4v) is 1.24. The van der Waals surface area contributed by atoms with Gasteiger partial charge in [0.25, 0.3) is 0 Å². The van der Waals surface area contributed by atoms with E-state index < -0.39 is 0 Å². The first kappa shape index (κ1) is 9.09. The minimum atomic E-state index is 0.487. The van der Waals surface area contributed by atoms with Crippen molar-refractivity contribution < 1.29 is 0 Å². The Morgan fingerprint density at radius 3 is 2.25 bits per heavy atom. The Kier molecular flexibility index (Phi) is 3.63. The first-order valence-corrected chi connectivity index (χ1v) is 4.41. The molecule has 0 aromatic heterocycles. The molecule has 0 spiro atoms. The van der Waals surface area contributed by atoms with Crippen LogP contribution in [0.2, 0.25) is 0 Å². The summed E-state index contributed by atoms with van der Waals surface area (Å²) in [6.07, 6.45) is 1.38. The molecule has 0 aliphatic rings. The summed E-state index contributed by atoms with van der Waals surface area (Å²) >= 11 is 5.58. The summed E-state index contributed by atoms with van der Waals surface area (Å²) in [7, 11) is 0. The Morgan fingerprint density at radius 1 is 1.17 bits per heavy atom. The molecule has 0 fully saturated rings. The molecule has 0 saturated heterocycles. The lowest BCUT2D eigenvalue weighted by Crippen LogP contribution is -1.87.